The van der Waals surface area contributed by atoms with Gasteiger partial charge in [0.05, 0.1) is 0 Å². The fraction of sp³-hybridized carbons (Fsp3) is 0.467. The van der Waals surface area contributed by atoms with Crippen molar-refractivity contribution in [3.8, 4) is 0 Å². The van der Waals surface area contributed by atoms with Crippen LogP contribution < -0.4 is 10.6 Å². The average molecular weight is 296 g/mol. The first-order valence-electron chi connectivity index (χ1n) is 7.00. The highest BCUT2D eigenvalue weighted by atomic mass is 19.2. The van der Waals surface area contributed by atoms with Crippen molar-refractivity contribution >= 4 is 17.5 Å². The molecule has 0 bridgehead atoms. The van der Waals surface area contributed by atoms with Crippen LogP contribution in [0, 0.1) is 17.6 Å². The number of nitrogens with one attached hydrogen (secondary N) is 2. The number of carbonyl (C=O) groups is 2. The van der Waals surface area contributed by atoms with Crippen molar-refractivity contribution in [1.29, 1.82) is 0 Å². The Kier molecular flexibility index (Phi) is 4.88. The Morgan fingerprint density at radius 1 is 1.19 bits per heavy atom. The minimum atomic E-state index is -1.02. The summed E-state index contributed by atoms with van der Waals surface area (Å²) in [6.45, 7) is 1.35. The zero-order valence-electron chi connectivity index (χ0n) is 11.8. The summed E-state index contributed by atoms with van der Waals surface area (Å²) >= 11 is 0. The maximum Gasteiger partial charge on any atom is 0.247 e. The zero-order chi connectivity index (χ0) is 15.4. The molecule has 2 N–H and O–H groups in total. The molecule has 1 fully saturated rings. The molecule has 1 aliphatic carbocycles. The lowest BCUT2D eigenvalue weighted by Gasteiger charge is -2.23. The standard InChI is InChI=1S/C15H18F2N2O2/c1-9(20)18-14(10-4-2-3-5-10)15(21)19-11-6-7-12(16)13(17)8-11/h6-8,10,14H,2-5H2,1H3,(H,18,20)(H,19,21). The van der Waals surface area contributed by atoms with Gasteiger partial charge >= 0.3 is 0 Å². The van der Waals surface area contributed by atoms with Gasteiger partial charge in [0.2, 0.25) is 11.8 Å². The first-order valence-corrected chi connectivity index (χ1v) is 7.00. The number of amides is 2. The summed E-state index contributed by atoms with van der Waals surface area (Å²) in [5.41, 5.74) is 0.173. The lowest BCUT2D eigenvalue weighted by Crippen LogP contribution is -2.47. The molecule has 0 aromatic heterocycles. The third-order valence-corrected chi connectivity index (χ3v) is 3.70. The molecule has 0 aliphatic heterocycles. The molecule has 0 spiro atoms. The molecular weight excluding hydrogens is 278 g/mol. The highest BCUT2D eigenvalue weighted by Gasteiger charge is 2.31. The van der Waals surface area contributed by atoms with Gasteiger partial charge in [-0.2, -0.15) is 0 Å². The minimum absolute atomic E-state index is 0.0826. The molecule has 0 saturated heterocycles. The van der Waals surface area contributed by atoms with Gasteiger partial charge in [-0.3, -0.25) is 9.59 Å². The fourth-order valence-electron chi connectivity index (χ4n) is 2.70. The van der Waals surface area contributed by atoms with Crippen LogP contribution in [0.4, 0.5) is 14.5 Å². The van der Waals surface area contributed by atoms with Crippen LogP contribution in [-0.2, 0) is 9.59 Å². The lowest BCUT2D eigenvalue weighted by molar-refractivity contribution is -0.126. The lowest BCUT2D eigenvalue weighted by atomic mass is 9.97. The van der Waals surface area contributed by atoms with Gasteiger partial charge in [-0.15, -0.1) is 0 Å². The molecule has 0 radical (unpaired) electrons. The number of anilines is 1. The summed E-state index contributed by atoms with van der Waals surface area (Å²) in [6.07, 6.45) is 3.80. The molecule has 2 rings (SSSR count). The Balaban J connectivity index is 2.09. The van der Waals surface area contributed by atoms with E-state index in [0.29, 0.717) is 0 Å². The molecule has 1 aromatic rings. The Labute approximate surface area is 121 Å². The van der Waals surface area contributed by atoms with Crippen molar-refractivity contribution in [3.63, 3.8) is 0 Å². The number of benzene rings is 1. The molecule has 4 nitrogen and oxygen atoms in total. The van der Waals surface area contributed by atoms with E-state index in [1.807, 2.05) is 0 Å². The monoisotopic (exact) mass is 296 g/mol. The van der Waals surface area contributed by atoms with Gasteiger partial charge in [0.25, 0.3) is 0 Å². The summed E-state index contributed by atoms with van der Waals surface area (Å²) in [4.78, 5) is 23.6. The van der Waals surface area contributed by atoms with Crippen molar-refractivity contribution in [1.82, 2.24) is 5.32 Å². The molecule has 0 heterocycles. The van der Waals surface area contributed by atoms with Crippen molar-refractivity contribution < 1.29 is 18.4 Å². The topological polar surface area (TPSA) is 58.2 Å². The van der Waals surface area contributed by atoms with E-state index < -0.39 is 23.6 Å². The number of rotatable bonds is 4. The third-order valence-electron chi connectivity index (χ3n) is 3.70. The first-order chi connectivity index (χ1) is 9.97. The number of halogens is 2. The predicted octanol–water partition coefficient (Wildman–Crippen LogP) is 2.60. The van der Waals surface area contributed by atoms with Crippen LogP contribution in [0.1, 0.15) is 32.6 Å². The largest absolute Gasteiger partial charge is 0.344 e. The minimum Gasteiger partial charge on any atom is -0.344 e. The van der Waals surface area contributed by atoms with Gasteiger partial charge < -0.3 is 10.6 Å². The Morgan fingerprint density at radius 2 is 1.86 bits per heavy atom. The molecule has 1 saturated carbocycles. The second-order valence-electron chi connectivity index (χ2n) is 5.34. The van der Waals surface area contributed by atoms with Crippen LogP contribution in [-0.4, -0.2) is 17.9 Å². The fourth-order valence-corrected chi connectivity index (χ4v) is 2.70. The van der Waals surface area contributed by atoms with Crippen LogP contribution in [0.2, 0.25) is 0 Å². The van der Waals surface area contributed by atoms with Crippen LogP contribution in [0.3, 0.4) is 0 Å². The summed E-state index contributed by atoms with van der Waals surface area (Å²) in [7, 11) is 0. The van der Waals surface area contributed by atoms with E-state index in [1.165, 1.54) is 13.0 Å². The smallest absolute Gasteiger partial charge is 0.247 e. The van der Waals surface area contributed by atoms with Gasteiger partial charge in [-0.25, -0.2) is 8.78 Å². The molecule has 6 heteroatoms. The van der Waals surface area contributed by atoms with E-state index in [9.17, 15) is 18.4 Å². The van der Waals surface area contributed by atoms with Crippen molar-refractivity contribution in [2.75, 3.05) is 5.32 Å². The highest BCUT2D eigenvalue weighted by Crippen LogP contribution is 2.28. The molecule has 1 aromatic carbocycles. The summed E-state index contributed by atoms with van der Waals surface area (Å²) < 4.78 is 26.0. The normalized spacial score (nSPS) is 16.5. The van der Waals surface area contributed by atoms with Crippen molar-refractivity contribution in [2.45, 2.75) is 38.6 Å². The molecule has 2 amide bonds. The maximum atomic E-state index is 13.1. The second kappa shape index (κ2) is 6.65. The maximum absolute atomic E-state index is 13.1. The van der Waals surface area contributed by atoms with E-state index in [1.54, 1.807) is 0 Å². The second-order valence-corrected chi connectivity index (χ2v) is 5.34. The summed E-state index contributed by atoms with van der Waals surface area (Å²) in [6, 6.07) is 2.52. The molecule has 1 atom stereocenters. The van der Waals surface area contributed by atoms with Gasteiger partial charge in [-0.1, -0.05) is 12.8 Å². The zero-order valence-corrected chi connectivity index (χ0v) is 11.8. The third kappa shape index (κ3) is 4.00. The van der Waals surface area contributed by atoms with E-state index in [-0.39, 0.29) is 17.5 Å². The van der Waals surface area contributed by atoms with E-state index in [4.69, 9.17) is 0 Å². The van der Waals surface area contributed by atoms with Gasteiger partial charge in [0, 0.05) is 18.7 Å². The van der Waals surface area contributed by atoms with Crippen molar-refractivity contribution in [2.24, 2.45) is 5.92 Å². The van der Waals surface area contributed by atoms with Crippen LogP contribution >= 0.6 is 0 Å². The van der Waals surface area contributed by atoms with E-state index in [2.05, 4.69) is 10.6 Å². The van der Waals surface area contributed by atoms with Crippen molar-refractivity contribution in [3.05, 3.63) is 29.8 Å². The number of hydrogen-bond donors (Lipinski definition) is 2. The number of hydrogen-bond acceptors (Lipinski definition) is 2. The van der Waals surface area contributed by atoms with Crippen LogP contribution in [0.15, 0.2) is 18.2 Å². The molecular formula is C15H18F2N2O2. The Morgan fingerprint density at radius 3 is 2.43 bits per heavy atom. The molecule has 21 heavy (non-hydrogen) atoms. The molecule has 1 unspecified atom stereocenters. The Hall–Kier alpha value is -1.98. The SMILES string of the molecule is CC(=O)NC(C(=O)Nc1ccc(F)c(F)c1)C1CCCC1. The Bertz CT molecular complexity index is 542. The molecule has 114 valence electrons. The average Bonchev–Trinajstić information content (AvgIpc) is 2.93. The number of carbonyl (C=O) groups excluding carboxylic acids is 2. The summed E-state index contributed by atoms with van der Waals surface area (Å²) in [5.74, 6) is -2.60. The highest BCUT2D eigenvalue weighted by molar-refractivity contribution is 5.97. The van der Waals surface area contributed by atoms with Crippen LogP contribution in [0.25, 0.3) is 0 Å². The molecule has 1 aliphatic rings. The van der Waals surface area contributed by atoms with Gasteiger partial charge in [0.1, 0.15) is 6.04 Å². The van der Waals surface area contributed by atoms with Crippen LogP contribution in [0.5, 0.6) is 0 Å². The quantitative estimate of drug-likeness (QED) is 0.897. The van der Waals surface area contributed by atoms with E-state index in [0.717, 1.165) is 37.8 Å². The van der Waals surface area contributed by atoms with Gasteiger partial charge in [0.15, 0.2) is 11.6 Å². The van der Waals surface area contributed by atoms with E-state index >= 15 is 0 Å². The first kappa shape index (κ1) is 15.4. The predicted molar refractivity (Wildman–Crippen MR) is 74.6 cm³/mol. The summed E-state index contributed by atoms with van der Waals surface area (Å²) in [5, 5.41) is 5.18. The van der Waals surface area contributed by atoms with Gasteiger partial charge in [-0.05, 0) is 30.9 Å².